The highest BCUT2D eigenvalue weighted by Crippen LogP contribution is 2.28. The second-order valence-electron chi connectivity index (χ2n) is 4.43. The molecule has 2 aliphatic rings. The predicted molar refractivity (Wildman–Crippen MR) is 63.1 cm³/mol. The smallest absolute Gasteiger partial charge is 0.197 e. The zero-order valence-corrected chi connectivity index (χ0v) is 9.87. The van der Waals surface area contributed by atoms with Gasteiger partial charge in [0.1, 0.15) is 0 Å². The van der Waals surface area contributed by atoms with E-state index >= 15 is 0 Å². The highest BCUT2D eigenvalue weighted by atomic mass is 32.1. The molecule has 1 aromatic heterocycles. The number of nitrogens with two attached hydrogens (primary N) is 1. The van der Waals surface area contributed by atoms with Gasteiger partial charge < -0.3 is 4.74 Å². The molecular weight excluding hydrogens is 224 g/mol. The Hall–Kier alpha value is -0.690. The van der Waals surface area contributed by atoms with Crippen LogP contribution in [0.4, 0.5) is 5.13 Å². The Morgan fingerprint density at radius 1 is 1.50 bits per heavy atom. The van der Waals surface area contributed by atoms with Gasteiger partial charge in [-0.1, -0.05) is 11.3 Å². The van der Waals surface area contributed by atoms with E-state index in [9.17, 15) is 0 Å². The number of thiazole rings is 1. The molecule has 2 saturated heterocycles. The number of likely N-dealkylation sites (tertiary alicyclic amines) is 1. The van der Waals surface area contributed by atoms with Crippen LogP contribution in [-0.2, 0) is 11.3 Å². The van der Waals surface area contributed by atoms with Crippen molar-refractivity contribution < 1.29 is 4.74 Å². The van der Waals surface area contributed by atoms with E-state index < -0.39 is 0 Å². The molecule has 0 saturated carbocycles. The van der Waals surface area contributed by atoms with Crippen LogP contribution < -0.4 is 11.3 Å². The number of rotatable bonds is 3. The van der Waals surface area contributed by atoms with Crippen LogP contribution in [0, 0.1) is 0 Å². The lowest BCUT2D eigenvalue weighted by Crippen LogP contribution is -2.41. The van der Waals surface area contributed by atoms with E-state index in [4.69, 9.17) is 10.6 Å². The monoisotopic (exact) mass is 240 g/mol. The van der Waals surface area contributed by atoms with Gasteiger partial charge in [-0.2, -0.15) is 0 Å². The van der Waals surface area contributed by atoms with Crippen molar-refractivity contribution in [3.8, 4) is 0 Å². The number of nitrogens with zero attached hydrogens (tertiary/aromatic N) is 2. The molecule has 0 amide bonds. The summed E-state index contributed by atoms with van der Waals surface area (Å²) in [5, 5.41) is 0.784. The van der Waals surface area contributed by atoms with Crippen LogP contribution in [0.3, 0.4) is 0 Å². The first-order valence-electron chi connectivity index (χ1n) is 5.62. The van der Waals surface area contributed by atoms with Gasteiger partial charge in [0.2, 0.25) is 0 Å². The largest absolute Gasteiger partial charge is 0.372 e. The molecule has 3 rings (SSSR count). The number of hydrogen-bond acceptors (Lipinski definition) is 6. The van der Waals surface area contributed by atoms with E-state index in [1.54, 1.807) is 11.3 Å². The van der Waals surface area contributed by atoms with Crippen molar-refractivity contribution in [2.45, 2.75) is 31.6 Å². The van der Waals surface area contributed by atoms with E-state index in [0.717, 1.165) is 24.8 Å². The number of nitrogens with one attached hydrogen (secondary N) is 1. The summed E-state index contributed by atoms with van der Waals surface area (Å²) in [6.07, 6.45) is 5.26. The fourth-order valence-electron chi connectivity index (χ4n) is 2.50. The predicted octanol–water partition coefficient (Wildman–Crippen LogP) is 0.792. The third-order valence-electron chi connectivity index (χ3n) is 3.18. The minimum absolute atomic E-state index is 0.457. The number of nitrogen functional groups attached to an aromatic ring is 1. The molecule has 16 heavy (non-hydrogen) atoms. The van der Waals surface area contributed by atoms with Crippen molar-refractivity contribution in [2.24, 2.45) is 5.84 Å². The molecule has 2 unspecified atom stereocenters. The summed E-state index contributed by atoms with van der Waals surface area (Å²) in [5.41, 5.74) is 2.58. The molecule has 1 aromatic rings. The molecule has 6 heteroatoms. The fourth-order valence-corrected chi connectivity index (χ4v) is 3.26. The lowest BCUT2D eigenvalue weighted by Gasteiger charge is -2.31. The number of ether oxygens (including phenoxy) is 1. The van der Waals surface area contributed by atoms with Crippen molar-refractivity contribution >= 4 is 16.5 Å². The molecule has 88 valence electrons. The summed E-state index contributed by atoms with van der Waals surface area (Å²) >= 11 is 1.62. The van der Waals surface area contributed by atoms with E-state index in [1.807, 2.05) is 6.20 Å². The van der Waals surface area contributed by atoms with Crippen LogP contribution in [0.15, 0.2) is 6.20 Å². The van der Waals surface area contributed by atoms with Crippen LogP contribution >= 0.6 is 11.3 Å². The standard InChI is InChI=1S/C10H16N4OS/c11-13-10-12-3-9(16-10)6-14-4-7-1-2-8(5-14)15-7/h3,7-8H,1-2,4-6,11H2,(H,12,13). The van der Waals surface area contributed by atoms with Gasteiger partial charge in [0, 0.05) is 30.7 Å². The van der Waals surface area contributed by atoms with E-state index in [0.29, 0.717) is 12.2 Å². The maximum Gasteiger partial charge on any atom is 0.197 e. The number of fused-ring (bicyclic) bond motifs is 2. The van der Waals surface area contributed by atoms with Gasteiger partial charge in [0.25, 0.3) is 0 Å². The normalized spacial score (nSPS) is 29.6. The van der Waals surface area contributed by atoms with Gasteiger partial charge >= 0.3 is 0 Å². The van der Waals surface area contributed by atoms with Gasteiger partial charge in [-0.15, -0.1) is 0 Å². The molecule has 0 aliphatic carbocycles. The second-order valence-corrected chi connectivity index (χ2v) is 5.54. The van der Waals surface area contributed by atoms with Gasteiger partial charge in [-0.25, -0.2) is 10.8 Å². The SMILES string of the molecule is NNc1ncc(CN2CC3CCC(C2)O3)s1. The van der Waals surface area contributed by atoms with E-state index in [-0.39, 0.29) is 0 Å². The Bertz CT molecular complexity index is 357. The van der Waals surface area contributed by atoms with E-state index in [1.165, 1.54) is 17.7 Å². The Labute approximate surface area is 98.6 Å². The minimum atomic E-state index is 0.457. The zero-order valence-electron chi connectivity index (χ0n) is 9.06. The summed E-state index contributed by atoms with van der Waals surface area (Å²) in [4.78, 5) is 7.89. The molecule has 0 aromatic carbocycles. The first-order valence-corrected chi connectivity index (χ1v) is 6.44. The number of hydrazine groups is 1. The van der Waals surface area contributed by atoms with Crippen LogP contribution in [-0.4, -0.2) is 35.2 Å². The summed E-state index contributed by atoms with van der Waals surface area (Å²) in [7, 11) is 0. The summed E-state index contributed by atoms with van der Waals surface area (Å²) in [6, 6.07) is 0. The van der Waals surface area contributed by atoms with Gasteiger partial charge in [0.15, 0.2) is 5.13 Å². The third-order valence-corrected chi connectivity index (χ3v) is 4.09. The average Bonchev–Trinajstić information content (AvgIpc) is 2.86. The number of aromatic nitrogens is 1. The van der Waals surface area contributed by atoms with Crippen LogP contribution in [0.5, 0.6) is 0 Å². The summed E-state index contributed by atoms with van der Waals surface area (Å²) in [6.45, 7) is 3.08. The molecule has 2 fully saturated rings. The Balaban J connectivity index is 1.62. The third kappa shape index (κ3) is 2.06. The zero-order chi connectivity index (χ0) is 11.0. The quantitative estimate of drug-likeness (QED) is 0.604. The Morgan fingerprint density at radius 3 is 2.88 bits per heavy atom. The topological polar surface area (TPSA) is 63.4 Å². The maximum absolute atomic E-state index is 5.81. The molecule has 5 nitrogen and oxygen atoms in total. The van der Waals surface area contributed by atoms with Crippen molar-refractivity contribution in [1.82, 2.24) is 9.88 Å². The summed E-state index contributed by atoms with van der Waals surface area (Å²) in [5.74, 6) is 5.31. The first-order chi connectivity index (χ1) is 7.83. The second kappa shape index (κ2) is 4.29. The highest BCUT2D eigenvalue weighted by molar-refractivity contribution is 7.15. The number of hydrogen-bond donors (Lipinski definition) is 2. The van der Waals surface area contributed by atoms with Crippen molar-refractivity contribution in [3.05, 3.63) is 11.1 Å². The fraction of sp³-hybridized carbons (Fsp3) is 0.700. The highest BCUT2D eigenvalue weighted by Gasteiger charge is 2.33. The van der Waals surface area contributed by atoms with Gasteiger partial charge in [0.05, 0.1) is 12.2 Å². The Kier molecular flexibility index (Phi) is 2.81. The van der Waals surface area contributed by atoms with Crippen molar-refractivity contribution in [1.29, 1.82) is 0 Å². The number of anilines is 1. The lowest BCUT2D eigenvalue weighted by atomic mass is 10.2. The molecule has 0 spiro atoms. The van der Waals surface area contributed by atoms with Crippen LogP contribution in [0.2, 0.25) is 0 Å². The molecule has 2 bridgehead atoms. The minimum Gasteiger partial charge on any atom is -0.372 e. The van der Waals surface area contributed by atoms with Crippen LogP contribution in [0.1, 0.15) is 17.7 Å². The molecule has 3 N–H and O–H groups in total. The molecule has 0 radical (unpaired) electrons. The van der Waals surface area contributed by atoms with Crippen LogP contribution in [0.25, 0.3) is 0 Å². The molecular formula is C10H16N4OS. The van der Waals surface area contributed by atoms with Gasteiger partial charge in [-0.3, -0.25) is 10.3 Å². The van der Waals surface area contributed by atoms with Gasteiger partial charge in [-0.05, 0) is 12.8 Å². The van der Waals surface area contributed by atoms with Crippen molar-refractivity contribution in [3.63, 3.8) is 0 Å². The van der Waals surface area contributed by atoms with Crippen molar-refractivity contribution in [2.75, 3.05) is 18.5 Å². The maximum atomic E-state index is 5.81. The first kappa shape index (κ1) is 10.5. The Morgan fingerprint density at radius 2 is 2.25 bits per heavy atom. The number of morpholine rings is 1. The molecule has 2 atom stereocenters. The molecule has 3 heterocycles. The van der Waals surface area contributed by atoms with E-state index in [2.05, 4.69) is 15.3 Å². The lowest BCUT2D eigenvalue weighted by molar-refractivity contribution is -0.0407. The molecule has 2 aliphatic heterocycles. The average molecular weight is 240 g/mol. The summed E-state index contributed by atoms with van der Waals surface area (Å²) < 4.78 is 5.81.